The van der Waals surface area contributed by atoms with Crippen LogP contribution in [0.25, 0.3) is 0 Å². The third-order valence-corrected chi connectivity index (χ3v) is 3.67. The van der Waals surface area contributed by atoms with Crippen molar-refractivity contribution in [1.82, 2.24) is 0 Å². The van der Waals surface area contributed by atoms with E-state index in [1.165, 1.54) is 11.1 Å². The number of hydrogen-bond donors (Lipinski definition) is 0. The van der Waals surface area contributed by atoms with Gasteiger partial charge in [0.25, 0.3) is 0 Å². The zero-order chi connectivity index (χ0) is 11.6. The summed E-state index contributed by atoms with van der Waals surface area (Å²) in [4.78, 5) is 0. The molecule has 2 heteroatoms. The molecule has 0 saturated heterocycles. The fraction of sp³-hybridized carbons (Fsp3) is 0.429. The van der Waals surface area contributed by atoms with Gasteiger partial charge in [-0.15, -0.1) is 0 Å². The van der Waals surface area contributed by atoms with Crippen LogP contribution < -0.4 is 0 Å². The molecule has 0 spiro atoms. The smallest absolute Gasteiger partial charge is 0.142 e. The second kappa shape index (κ2) is 3.99. The van der Waals surface area contributed by atoms with Crippen molar-refractivity contribution in [1.29, 1.82) is 10.5 Å². The predicted octanol–water partition coefficient (Wildman–Crippen LogP) is 2.94. The minimum Gasteiger partial charge on any atom is -0.197 e. The lowest BCUT2D eigenvalue weighted by atomic mass is 9.65. The Morgan fingerprint density at radius 3 is 2.62 bits per heavy atom. The Morgan fingerprint density at radius 2 is 1.94 bits per heavy atom. The van der Waals surface area contributed by atoms with Crippen molar-refractivity contribution in [2.24, 2.45) is 5.92 Å². The van der Waals surface area contributed by atoms with Gasteiger partial charge in [0, 0.05) is 5.41 Å². The van der Waals surface area contributed by atoms with E-state index in [1.807, 2.05) is 19.1 Å². The molecule has 2 nitrogen and oxygen atoms in total. The summed E-state index contributed by atoms with van der Waals surface area (Å²) in [5.74, 6) is -0.547. The van der Waals surface area contributed by atoms with Crippen LogP contribution in [0.3, 0.4) is 0 Å². The van der Waals surface area contributed by atoms with Crippen molar-refractivity contribution in [2.45, 2.75) is 31.6 Å². The number of fused-ring (bicyclic) bond motifs is 1. The standard InChI is InChI=1S/C14H14N2/c1-14(12(9-15)10-16)8-4-6-11-5-2-3-7-13(11)14/h2-3,5,7,12H,4,6,8H2,1H3. The lowest BCUT2D eigenvalue weighted by molar-refractivity contribution is 0.350. The molecule has 1 aromatic rings. The van der Waals surface area contributed by atoms with E-state index in [1.54, 1.807) is 0 Å². The highest BCUT2D eigenvalue weighted by Gasteiger charge is 2.39. The van der Waals surface area contributed by atoms with Crippen LogP contribution in [0.4, 0.5) is 0 Å². The second-order valence-corrected chi connectivity index (χ2v) is 4.62. The summed E-state index contributed by atoms with van der Waals surface area (Å²) in [6.07, 6.45) is 3.05. The molecule has 2 rings (SSSR count). The quantitative estimate of drug-likeness (QED) is 0.715. The molecule has 1 aliphatic rings. The summed E-state index contributed by atoms with van der Waals surface area (Å²) >= 11 is 0. The average molecular weight is 210 g/mol. The summed E-state index contributed by atoms with van der Waals surface area (Å²) < 4.78 is 0. The normalized spacial score (nSPS) is 23.2. The van der Waals surface area contributed by atoms with Crippen LogP contribution in [0, 0.1) is 28.6 Å². The molecule has 1 unspecified atom stereocenters. The molecule has 0 bridgehead atoms. The summed E-state index contributed by atoms with van der Waals surface area (Å²) in [5.41, 5.74) is 2.19. The molecule has 0 fully saturated rings. The highest BCUT2D eigenvalue weighted by Crippen LogP contribution is 2.42. The first-order valence-corrected chi connectivity index (χ1v) is 5.60. The summed E-state index contributed by atoms with van der Waals surface area (Å²) in [5, 5.41) is 18.2. The topological polar surface area (TPSA) is 47.6 Å². The van der Waals surface area contributed by atoms with Gasteiger partial charge in [0.15, 0.2) is 0 Å². The fourth-order valence-electron chi connectivity index (χ4n) is 2.69. The van der Waals surface area contributed by atoms with Crippen LogP contribution >= 0.6 is 0 Å². The van der Waals surface area contributed by atoms with Crippen LogP contribution in [0.15, 0.2) is 24.3 Å². The molecular weight excluding hydrogens is 196 g/mol. The molecule has 0 aliphatic heterocycles. The predicted molar refractivity (Wildman–Crippen MR) is 61.4 cm³/mol. The average Bonchev–Trinajstić information content (AvgIpc) is 2.31. The van der Waals surface area contributed by atoms with E-state index < -0.39 is 5.92 Å². The van der Waals surface area contributed by atoms with Crippen molar-refractivity contribution in [2.75, 3.05) is 0 Å². The lowest BCUT2D eigenvalue weighted by Crippen LogP contribution is -2.34. The molecule has 0 radical (unpaired) electrons. The van der Waals surface area contributed by atoms with Crippen LogP contribution in [0.1, 0.15) is 30.9 Å². The van der Waals surface area contributed by atoms with Gasteiger partial charge in [0.05, 0.1) is 12.1 Å². The number of nitriles is 2. The largest absolute Gasteiger partial charge is 0.197 e. The molecule has 0 amide bonds. The number of rotatable bonds is 1. The molecule has 1 aliphatic carbocycles. The van der Waals surface area contributed by atoms with Crippen molar-refractivity contribution >= 4 is 0 Å². The summed E-state index contributed by atoms with van der Waals surface area (Å²) in [6.45, 7) is 2.04. The Kier molecular flexibility index (Phi) is 2.67. The minimum absolute atomic E-state index is 0.293. The van der Waals surface area contributed by atoms with Crippen LogP contribution in [0.2, 0.25) is 0 Å². The maximum Gasteiger partial charge on any atom is 0.142 e. The van der Waals surface area contributed by atoms with E-state index in [-0.39, 0.29) is 5.41 Å². The molecule has 80 valence electrons. The number of nitrogens with zero attached hydrogens (tertiary/aromatic N) is 2. The third kappa shape index (κ3) is 1.48. The maximum absolute atomic E-state index is 9.10. The molecule has 0 heterocycles. The Labute approximate surface area is 96.1 Å². The second-order valence-electron chi connectivity index (χ2n) is 4.62. The Hall–Kier alpha value is -1.80. The van der Waals surface area contributed by atoms with Crippen molar-refractivity contribution < 1.29 is 0 Å². The van der Waals surface area contributed by atoms with Gasteiger partial charge >= 0.3 is 0 Å². The maximum atomic E-state index is 9.10. The Bertz CT molecular complexity index is 464. The first kappa shape index (κ1) is 10.7. The minimum atomic E-state index is -0.547. The monoisotopic (exact) mass is 210 g/mol. The van der Waals surface area contributed by atoms with Gasteiger partial charge in [0.2, 0.25) is 0 Å². The van der Waals surface area contributed by atoms with E-state index in [0.29, 0.717) is 0 Å². The number of aryl methyl sites for hydroxylation is 1. The van der Waals surface area contributed by atoms with E-state index in [9.17, 15) is 0 Å². The molecule has 0 N–H and O–H groups in total. The lowest BCUT2D eigenvalue weighted by Gasteiger charge is -2.36. The van der Waals surface area contributed by atoms with Crippen LogP contribution in [-0.4, -0.2) is 0 Å². The highest BCUT2D eigenvalue weighted by atomic mass is 14.4. The Morgan fingerprint density at radius 1 is 1.25 bits per heavy atom. The first-order chi connectivity index (χ1) is 7.72. The summed E-state index contributed by atoms with van der Waals surface area (Å²) in [6, 6.07) is 12.5. The van der Waals surface area contributed by atoms with Crippen LogP contribution in [-0.2, 0) is 11.8 Å². The van der Waals surface area contributed by atoms with Gasteiger partial charge in [-0.1, -0.05) is 31.2 Å². The highest BCUT2D eigenvalue weighted by molar-refractivity contribution is 5.39. The van der Waals surface area contributed by atoms with E-state index >= 15 is 0 Å². The van der Waals surface area contributed by atoms with Gasteiger partial charge in [-0.3, -0.25) is 0 Å². The molecular formula is C14H14N2. The van der Waals surface area contributed by atoms with Gasteiger partial charge in [-0.05, 0) is 30.4 Å². The van der Waals surface area contributed by atoms with Crippen LogP contribution in [0.5, 0.6) is 0 Å². The van der Waals surface area contributed by atoms with E-state index in [4.69, 9.17) is 10.5 Å². The van der Waals surface area contributed by atoms with Gasteiger partial charge < -0.3 is 0 Å². The van der Waals surface area contributed by atoms with E-state index in [2.05, 4.69) is 24.3 Å². The van der Waals surface area contributed by atoms with Crippen molar-refractivity contribution in [3.8, 4) is 12.1 Å². The number of hydrogen-bond acceptors (Lipinski definition) is 2. The van der Waals surface area contributed by atoms with Crippen molar-refractivity contribution in [3.05, 3.63) is 35.4 Å². The van der Waals surface area contributed by atoms with Gasteiger partial charge in [-0.2, -0.15) is 10.5 Å². The zero-order valence-corrected chi connectivity index (χ0v) is 9.40. The number of benzene rings is 1. The first-order valence-electron chi connectivity index (χ1n) is 5.60. The summed E-state index contributed by atoms with van der Waals surface area (Å²) in [7, 11) is 0. The molecule has 0 saturated carbocycles. The third-order valence-electron chi connectivity index (χ3n) is 3.67. The van der Waals surface area contributed by atoms with Gasteiger partial charge in [-0.25, -0.2) is 0 Å². The molecule has 16 heavy (non-hydrogen) atoms. The molecule has 0 aromatic heterocycles. The Balaban J connectivity index is 2.53. The molecule has 1 atom stereocenters. The molecule has 1 aromatic carbocycles. The SMILES string of the molecule is CC1(C(C#N)C#N)CCCc2ccccc21. The van der Waals surface area contributed by atoms with Gasteiger partial charge in [0.1, 0.15) is 5.92 Å². The van der Waals surface area contributed by atoms with E-state index in [0.717, 1.165) is 19.3 Å². The van der Waals surface area contributed by atoms with Crippen molar-refractivity contribution in [3.63, 3.8) is 0 Å². The zero-order valence-electron chi connectivity index (χ0n) is 9.40. The fourth-order valence-corrected chi connectivity index (χ4v) is 2.69.